The number of carbonyl (C=O) groups is 2. The zero-order valence-corrected chi connectivity index (χ0v) is 12.1. The molecule has 2 fully saturated rings. The molecule has 2 saturated carbocycles. The normalized spacial score (nSPS) is 31.8. The maximum Gasteiger partial charge on any atom is 0.315 e. The highest BCUT2D eigenvalue weighted by Crippen LogP contribution is 2.62. The lowest BCUT2D eigenvalue weighted by Crippen LogP contribution is -2.43. The Morgan fingerprint density at radius 3 is 2.05 bits per heavy atom. The van der Waals surface area contributed by atoms with Gasteiger partial charge < -0.3 is 15.7 Å². The summed E-state index contributed by atoms with van der Waals surface area (Å²) in [4.78, 5) is 22.8. The van der Waals surface area contributed by atoms with Gasteiger partial charge in [0.05, 0.1) is 5.92 Å². The van der Waals surface area contributed by atoms with E-state index in [1.165, 1.54) is 0 Å². The summed E-state index contributed by atoms with van der Waals surface area (Å²) in [6.07, 6.45) is 1.95. The number of nitrogens with one attached hydrogen (secondary N) is 2. The van der Waals surface area contributed by atoms with Crippen molar-refractivity contribution in [1.29, 1.82) is 0 Å². The number of amides is 2. The molecule has 2 aliphatic carbocycles. The van der Waals surface area contributed by atoms with E-state index in [0.717, 1.165) is 6.42 Å². The maximum atomic E-state index is 11.9. The molecular weight excluding hydrogens is 244 g/mol. The molecule has 19 heavy (non-hydrogen) atoms. The van der Waals surface area contributed by atoms with Crippen LogP contribution in [-0.4, -0.2) is 29.2 Å². The van der Waals surface area contributed by atoms with Crippen LogP contribution in [0.25, 0.3) is 0 Å². The van der Waals surface area contributed by atoms with Gasteiger partial charge in [0.1, 0.15) is 0 Å². The highest BCUT2D eigenvalue weighted by atomic mass is 16.4. The van der Waals surface area contributed by atoms with Gasteiger partial charge in [0.15, 0.2) is 0 Å². The van der Waals surface area contributed by atoms with Crippen molar-refractivity contribution in [3.05, 3.63) is 0 Å². The minimum Gasteiger partial charge on any atom is -0.481 e. The second-order valence-corrected chi connectivity index (χ2v) is 7.04. The second kappa shape index (κ2) is 4.39. The summed E-state index contributed by atoms with van der Waals surface area (Å²) in [7, 11) is 0. The molecular formula is C14H24N2O3. The summed E-state index contributed by atoms with van der Waals surface area (Å²) in [5.74, 6) is -1.06. The first-order chi connectivity index (χ1) is 8.66. The summed E-state index contributed by atoms with van der Waals surface area (Å²) in [6.45, 7) is 8.59. The first kappa shape index (κ1) is 14.2. The van der Waals surface area contributed by atoms with Crippen LogP contribution in [0.2, 0.25) is 0 Å². The zero-order chi connectivity index (χ0) is 14.4. The number of carboxylic acids is 1. The third-order valence-corrected chi connectivity index (χ3v) is 5.41. The Morgan fingerprint density at radius 2 is 1.63 bits per heavy atom. The van der Waals surface area contributed by atoms with Gasteiger partial charge in [-0.15, -0.1) is 0 Å². The molecule has 2 atom stereocenters. The molecule has 0 radical (unpaired) electrons. The Balaban J connectivity index is 1.79. The maximum absolute atomic E-state index is 11.9. The van der Waals surface area contributed by atoms with Crippen molar-refractivity contribution in [3.8, 4) is 0 Å². The molecule has 0 aromatic heterocycles. The number of rotatable bonds is 3. The van der Waals surface area contributed by atoms with Crippen molar-refractivity contribution in [2.24, 2.45) is 16.7 Å². The highest BCUT2D eigenvalue weighted by molar-refractivity contribution is 5.76. The van der Waals surface area contributed by atoms with Gasteiger partial charge >= 0.3 is 12.0 Å². The molecule has 3 N–H and O–H groups in total. The fourth-order valence-corrected chi connectivity index (χ4v) is 3.25. The van der Waals surface area contributed by atoms with Crippen LogP contribution in [0.4, 0.5) is 4.79 Å². The van der Waals surface area contributed by atoms with Gasteiger partial charge in [-0.05, 0) is 30.1 Å². The first-order valence-corrected chi connectivity index (χ1v) is 6.96. The lowest BCUT2D eigenvalue weighted by atomic mass is 10.0. The van der Waals surface area contributed by atoms with E-state index in [4.69, 9.17) is 5.11 Å². The standard InChI is InChI=1S/C14H24N2O3/c1-13(2)11(14(13,3)4)16-12(19)15-9-6-5-8(7-9)10(17)18/h8-9,11H,5-7H2,1-4H3,(H,17,18)(H2,15,16,19). The van der Waals surface area contributed by atoms with Crippen LogP contribution in [-0.2, 0) is 4.79 Å². The minimum absolute atomic E-state index is 0.00826. The number of carbonyl (C=O) groups excluding carboxylic acids is 1. The lowest BCUT2D eigenvalue weighted by molar-refractivity contribution is -0.141. The average molecular weight is 268 g/mol. The van der Waals surface area contributed by atoms with Crippen molar-refractivity contribution in [3.63, 3.8) is 0 Å². The molecule has 0 spiro atoms. The van der Waals surface area contributed by atoms with Gasteiger partial charge in [0.2, 0.25) is 0 Å². The van der Waals surface area contributed by atoms with Gasteiger partial charge in [-0.25, -0.2) is 4.79 Å². The minimum atomic E-state index is -0.755. The fourth-order valence-electron chi connectivity index (χ4n) is 3.25. The molecule has 2 rings (SSSR count). The smallest absolute Gasteiger partial charge is 0.315 e. The van der Waals surface area contributed by atoms with Crippen molar-refractivity contribution in [1.82, 2.24) is 10.6 Å². The molecule has 0 heterocycles. The molecule has 5 nitrogen and oxygen atoms in total. The van der Waals surface area contributed by atoms with Crippen LogP contribution >= 0.6 is 0 Å². The number of aliphatic carboxylic acids is 1. The fraction of sp³-hybridized carbons (Fsp3) is 0.857. The van der Waals surface area contributed by atoms with E-state index in [1.54, 1.807) is 0 Å². The Labute approximate surface area is 114 Å². The van der Waals surface area contributed by atoms with Crippen LogP contribution in [0, 0.1) is 16.7 Å². The van der Waals surface area contributed by atoms with Crippen molar-refractivity contribution < 1.29 is 14.7 Å². The zero-order valence-electron chi connectivity index (χ0n) is 12.1. The summed E-state index contributed by atoms with van der Waals surface area (Å²) in [5.41, 5.74) is 0.229. The Kier molecular flexibility index (Phi) is 3.27. The third-order valence-electron chi connectivity index (χ3n) is 5.41. The van der Waals surface area contributed by atoms with E-state index in [9.17, 15) is 9.59 Å². The molecule has 0 aromatic rings. The Bertz CT molecular complexity index is 389. The Hall–Kier alpha value is -1.26. The largest absolute Gasteiger partial charge is 0.481 e. The summed E-state index contributed by atoms with van der Waals surface area (Å²) in [5, 5.41) is 14.8. The number of carboxylic acid groups (broad SMARTS) is 1. The van der Waals surface area contributed by atoms with Gasteiger partial charge in [0, 0.05) is 12.1 Å². The van der Waals surface area contributed by atoms with Gasteiger partial charge in [-0.1, -0.05) is 27.7 Å². The van der Waals surface area contributed by atoms with Crippen LogP contribution in [0.1, 0.15) is 47.0 Å². The first-order valence-electron chi connectivity index (χ1n) is 6.96. The summed E-state index contributed by atoms with van der Waals surface area (Å²) >= 11 is 0. The molecule has 2 unspecified atom stereocenters. The third kappa shape index (κ3) is 2.42. The monoisotopic (exact) mass is 268 g/mol. The van der Waals surface area contributed by atoms with Crippen LogP contribution in [0.15, 0.2) is 0 Å². The van der Waals surface area contributed by atoms with Crippen LogP contribution < -0.4 is 10.6 Å². The number of hydrogen-bond acceptors (Lipinski definition) is 2. The van der Waals surface area contributed by atoms with E-state index in [2.05, 4.69) is 38.3 Å². The number of hydrogen-bond donors (Lipinski definition) is 3. The van der Waals surface area contributed by atoms with E-state index in [-0.39, 0.29) is 34.9 Å². The van der Waals surface area contributed by atoms with E-state index < -0.39 is 5.97 Å². The SMILES string of the molecule is CC1(C)C(NC(=O)NC2CCC(C(=O)O)C2)C1(C)C. The molecule has 2 amide bonds. The number of urea groups is 1. The second-order valence-electron chi connectivity index (χ2n) is 7.04. The van der Waals surface area contributed by atoms with Crippen molar-refractivity contribution >= 4 is 12.0 Å². The van der Waals surface area contributed by atoms with Crippen molar-refractivity contribution in [2.45, 2.75) is 59.0 Å². The summed E-state index contributed by atoms with van der Waals surface area (Å²) < 4.78 is 0. The quantitative estimate of drug-likeness (QED) is 0.732. The molecule has 0 bridgehead atoms. The topological polar surface area (TPSA) is 78.4 Å². The average Bonchev–Trinajstić information content (AvgIpc) is 2.70. The molecule has 0 saturated heterocycles. The van der Waals surface area contributed by atoms with Gasteiger partial charge in [0.25, 0.3) is 0 Å². The molecule has 2 aliphatic rings. The molecule has 108 valence electrons. The van der Waals surface area contributed by atoms with Crippen LogP contribution in [0.3, 0.4) is 0 Å². The van der Waals surface area contributed by atoms with E-state index >= 15 is 0 Å². The van der Waals surface area contributed by atoms with E-state index in [0.29, 0.717) is 12.8 Å². The predicted molar refractivity (Wildman–Crippen MR) is 71.8 cm³/mol. The molecule has 0 aromatic carbocycles. The summed E-state index contributed by atoms with van der Waals surface area (Å²) in [6, 6.07) is 0.00226. The van der Waals surface area contributed by atoms with E-state index in [1.807, 2.05) is 0 Å². The molecule has 0 aliphatic heterocycles. The molecule has 5 heteroatoms. The van der Waals surface area contributed by atoms with Gasteiger partial charge in [-0.2, -0.15) is 0 Å². The van der Waals surface area contributed by atoms with Crippen LogP contribution in [0.5, 0.6) is 0 Å². The van der Waals surface area contributed by atoms with Gasteiger partial charge in [-0.3, -0.25) is 4.79 Å². The predicted octanol–water partition coefficient (Wildman–Crippen LogP) is 1.97. The lowest BCUT2D eigenvalue weighted by Gasteiger charge is -2.14. The highest BCUT2D eigenvalue weighted by Gasteiger charge is 2.65. The Morgan fingerprint density at radius 1 is 1.05 bits per heavy atom. The van der Waals surface area contributed by atoms with Crippen molar-refractivity contribution in [2.75, 3.05) is 0 Å².